The summed E-state index contributed by atoms with van der Waals surface area (Å²) in [6, 6.07) is 51.9. The first kappa shape index (κ1) is 31.9. The van der Waals surface area contributed by atoms with E-state index in [1.807, 2.05) is 18.2 Å². The molecule has 3 heterocycles. The van der Waals surface area contributed by atoms with Crippen LogP contribution < -0.4 is 0 Å². The van der Waals surface area contributed by atoms with Crippen LogP contribution in [-0.4, -0.2) is 24.1 Å². The quantitative estimate of drug-likeness (QED) is 0.183. The average molecular weight is 710 g/mol. The van der Waals surface area contributed by atoms with Crippen LogP contribution in [0.15, 0.2) is 146 Å². The Morgan fingerprint density at radius 1 is 0.564 bits per heavy atom. The van der Waals surface area contributed by atoms with Crippen molar-refractivity contribution in [2.45, 2.75) is 39.0 Å². The summed E-state index contributed by atoms with van der Waals surface area (Å²) in [5, 5.41) is 3.61. The standard InChI is InChI=1S/C50H39N5/c1-30-16-8-13-23-40(30)54-41-24-14-10-20-35(41)37-28-33(26-27-43(37)54)48-51-47(32-17-6-5-7-18-32)52-49(53-48)55-42-25-15-11-21-36(42)45-31(2)46-38(29-44(45)55)34-19-9-12-22-39(34)50(46,3)4/h5-29,31,46H,1-4H3. The minimum atomic E-state index is 0.00449. The lowest BCUT2D eigenvalue weighted by atomic mass is 9.67. The van der Waals surface area contributed by atoms with Gasteiger partial charge in [0.25, 0.3) is 0 Å². The van der Waals surface area contributed by atoms with Crippen LogP contribution in [-0.2, 0) is 5.41 Å². The fourth-order valence-electron chi connectivity index (χ4n) is 10.0. The SMILES string of the molecule is Cc1ccccc1-n1c2ccccc2c2cc(-c3nc(-c4ccccc4)nc(-n4c5c(c6ccccc64)C(C)C4C(=C5)c5ccccc5C4(C)C)n3)ccc21. The molecule has 2 atom stereocenters. The minimum absolute atomic E-state index is 0.00449. The van der Waals surface area contributed by atoms with E-state index in [0.717, 1.165) is 33.2 Å². The summed E-state index contributed by atoms with van der Waals surface area (Å²) in [6.07, 6.45) is 2.44. The zero-order valence-corrected chi connectivity index (χ0v) is 31.3. The Morgan fingerprint density at radius 3 is 2.00 bits per heavy atom. The van der Waals surface area contributed by atoms with E-state index < -0.39 is 0 Å². The second-order valence-corrected chi connectivity index (χ2v) is 15.8. The summed E-state index contributed by atoms with van der Waals surface area (Å²) >= 11 is 0. The second-order valence-electron chi connectivity index (χ2n) is 15.8. The zero-order chi connectivity index (χ0) is 37.0. The Bertz CT molecular complexity index is 3050. The molecule has 264 valence electrons. The van der Waals surface area contributed by atoms with E-state index in [1.165, 1.54) is 49.8 Å². The number of benzene rings is 6. The van der Waals surface area contributed by atoms with E-state index in [0.29, 0.717) is 23.5 Å². The van der Waals surface area contributed by atoms with Gasteiger partial charge in [0.2, 0.25) is 5.95 Å². The first-order chi connectivity index (χ1) is 26.9. The minimum Gasteiger partial charge on any atom is -0.309 e. The molecule has 0 radical (unpaired) electrons. The third-order valence-corrected chi connectivity index (χ3v) is 12.4. The van der Waals surface area contributed by atoms with Crippen molar-refractivity contribution in [1.29, 1.82) is 0 Å². The van der Waals surface area contributed by atoms with Gasteiger partial charge >= 0.3 is 0 Å². The van der Waals surface area contributed by atoms with Gasteiger partial charge in [0, 0.05) is 38.9 Å². The van der Waals surface area contributed by atoms with Crippen LogP contribution in [0.1, 0.15) is 54.6 Å². The molecule has 2 aliphatic carbocycles. The Balaban J connectivity index is 1.17. The summed E-state index contributed by atoms with van der Waals surface area (Å²) < 4.78 is 4.67. The lowest BCUT2D eigenvalue weighted by Gasteiger charge is -2.36. The lowest BCUT2D eigenvalue weighted by Crippen LogP contribution is -2.29. The maximum Gasteiger partial charge on any atom is 0.238 e. The van der Waals surface area contributed by atoms with E-state index in [4.69, 9.17) is 15.0 Å². The van der Waals surface area contributed by atoms with Gasteiger partial charge < -0.3 is 4.57 Å². The number of aryl methyl sites for hydroxylation is 1. The molecule has 3 aromatic heterocycles. The monoisotopic (exact) mass is 709 g/mol. The highest BCUT2D eigenvalue weighted by Gasteiger charge is 2.48. The number of para-hydroxylation sites is 3. The van der Waals surface area contributed by atoms with Crippen LogP contribution in [0.5, 0.6) is 0 Å². The summed E-state index contributed by atoms with van der Waals surface area (Å²) in [7, 11) is 0. The van der Waals surface area contributed by atoms with E-state index in [2.05, 4.69) is 170 Å². The maximum atomic E-state index is 5.38. The molecule has 2 aliphatic rings. The van der Waals surface area contributed by atoms with Gasteiger partial charge in [-0.3, -0.25) is 4.57 Å². The molecule has 11 rings (SSSR count). The van der Waals surface area contributed by atoms with E-state index in [9.17, 15) is 0 Å². The van der Waals surface area contributed by atoms with Gasteiger partial charge in [-0.05, 0) is 88.6 Å². The van der Waals surface area contributed by atoms with Gasteiger partial charge in [-0.15, -0.1) is 0 Å². The fourth-order valence-corrected chi connectivity index (χ4v) is 10.0. The predicted molar refractivity (Wildman–Crippen MR) is 226 cm³/mol. The molecule has 2 unspecified atom stereocenters. The Morgan fingerprint density at radius 2 is 1.20 bits per heavy atom. The smallest absolute Gasteiger partial charge is 0.238 e. The molecule has 55 heavy (non-hydrogen) atoms. The highest BCUT2D eigenvalue weighted by atomic mass is 15.2. The molecule has 9 aromatic rings. The average Bonchev–Trinajstić information content (AvgIpc) is 3.81. The van der Waals surface area contributed by atoms with Gasteiger partial charge in [-0.2, -0.15) is 9.97 Å². The van der Waals surface area contributed by atoms with Crippen molar-refractivity contribution in [2.75, 3.05) is 0 Å². The van der Waals surface area contributed by atoms with Crippen molar-refractivity contribution in [3.8, 4) is 34.4 Å². The van der Waals surface area contributed by atoms with Crippen molar-refractivity contribution in [3.63, 3.8) is 0 Å². The van der Waals surface area contributed by atoms with Crippen molar-refractivity contribution < 1.29 is 0 Å². The third kappa shape index (κ3) is 4.56. The molecule has 5 heteroatoms. The fraction of sp³-hybridized carbons (Fsp3) is 0.140. The second kappa shape index (κ2) is 11.7. The van der Waals surface area contributed by atoms with Crippen molar-refractivity contribution in [3.05, 3.63) is 174 Å². The third-order valence-electron chi connectivity index (χ3n) is 12.4. The molecule has 0 saturated carbocycles. The summed E-state index contributed by atoms with van der Waals surface area (Å²) in [5.41, 5.74) is 14.4. The number of fused-ring (bicyclic) bond motifs is 9. The molecule has 0 bridgehead atoms. The van der Waals surface area contributed by atoms with Crippen molar-refractivity contribution >= 4 is 44.4 Å². The van der Waals surface area contributed by atoms with Gasteiger partial charge in [0.05, 0.1) is 22.2 Å². The number of hydrogen-bond acceptors (Lipinski definition) is 3. The highest BCUT2D eigenvalue weighted by molar-refractivity contribution is 6.10. The van der Waals surface area contributed by atoms with Gasteiger partial charge in [0.1, 0.15) is 0 Å². The Kier molecular flexibility index (Phi) is 6.79. The molecule has 0 fully saturated rings. The number of aromatic nitrogens is 5. The van der Waals surface area contributed by atoms with Crippen LogP contribution in [0.2, 0.25) is 0 Å². The van der Waals surface area contributed by atoms with Crippen LogP contribution >= 0.6 is 0 Å². The molecular formula is C50H39N5. The molecule has 0 aliphatic heterocycles. The van der Waals surface area contributed by atoms with Gasteiger partial charge in [-0.1, -0.05) is 130 Å². The predicted octanol–water partition coefficient (Wildman–Crippen LogP) is 12.1. The molecule has 0 spiro atoms. The molecule has 0 N–H and O–H groups in total. The number of allylic oxidation sites excluding steroid dienone is 1. The lowest BCUT2D eigenvalue weighted by molar-refractivity contribution is 0.365. The summed E-state index contributed by atoms with van der Waals surface area (Å²) in [5.74, 6) is 2.56. The number of nitrogens with zero attached hydrogens (tertiary/aromatic N) is 5. The molecule has 0 saturated heterocycles. The largest absolute Gasteiger partial charge is 0.309 e. The topological polar surface area (TPSA) is 48.5 Å². The van der Waals surface area contributed by atoms with E-state index in [-0.39, 0.29) is 11.3 Å². The number of rotatable bonds is 4. The summed E-state index contributed by atoms with van der Waals surface area (Å²) in [6.45, 7) is 9.42. The van der Waals surface area contributed by atoms with Crippen LogP contribution in [0.3, 0.4) is 0 Å². The Labute approximate surface area is 320 Å². The highest BCUT2D eigenvalue weighted by Crippen LogP contribution is 2.59. The van der Waals surface area contributed by atoms with E-state index >= 15 is 0 Å². The Hall–Kier alpha value is -6.59. The van der Waals surface area contributed by atoms with Crippen LogP contribution in [0.25, 0.3) is 78.8 Å². The maximum absolute atomic E-state index is 5.38. The van der Waals surface area contributed by atoms with Crippen LogP contribution in [0, 0.1) is 12.8 Å². The summed E-state index contributed by atoms with van der Waals surface area (Å²) in [4.78, 5) is 15.9. The molecule has 0 amide bonds. The number of hydrogen-bond donors (Lipinski definition) is 0. The van der Waals surface area contributed by atoms with Crippen molar-refractivity contribution in [1.82, 2.24) is 24.1 Å². The van der Waals surface area contributed by atoms with Crippen LogP contribution in [0.4, 0.5) is 0 Å². The van der Waals surface area contributed by atoms with Crippen molar-refractivity contribution in [2.24, 2.45) is 5.92 Å². The normalized spacial score (nSPS) is 17.0. The first-order valence-electron chi connectivity index (χ1n) is 19.2. The zero-order valence-electron chi connectivity index (χ0n) is 31.3. The van der Waals surface area contributed by atoms with Gasteiger partial charge in [0.15, 0.2) is 11.6 Å². The molecule has 5 nitrogen and oxygen atoms in total. The molecular weight excluding hydrogens is 671 g/mol. The van der Waals surface area contributed by atoms with E-state index in [1.54, 1.807) is 0 Å². The first-order valence-corrected chi connectivity index (χ1v) is 19.2. The van der Waals surface area contributed by atoms with Gasteiger partial charge in [-0.25, -0.2) is 4.98 Å². The molecule has 6 aromatic carbocycles.